The zero-order valence-corrected chi connectivity index (χ0v) is 14.1. The average Bonchev–Trinajstić information content (AvgIpc) is 3.37. The third-order valence-electron chi connectivity index (χ3n) is 3.82. The number of hydrogen-bond acceptors (Lipinski definition) is 3. The molecule has 2 unspecified atom stereocenters. The number of halogens is 2. The van der Waals surface area contributed by atoms with E-state index in [0.717, 1.165) is 5.69 Å². The first-order valence-corrected chi connectivity index (χ1v) is 8.23. The van der Waals surface area contributed by atoms with Crippen molar-refractivity contribution in [3.63, 3.8) is 0 Å². The maximum atomic E-state index is 12.2. The lowest BCUT2D eigenvalue weighted by atomic mass is 10.2. The molecule has 0 radical (unpaired) electrons. The minimum atomic E-state index is -0.333. The van der Waals surface area contributed by atoms with Crippen molar-refractivity contribution in [1.29, 1.82) is 0 Å². The van der Waals surface area contributed by atoms with E-state index in [2.05, 4.69) is 15.6 Å². The van der Waals surface area contributed by atoms with Gasteiger partial charge >= 0.3 is 0 Å². The van der Waals surface area contributed by atoms with E-state index in [0.29, 0.717) is 28.7 Å². The van der Waals surface area contributed by atoms with E-state index < -0.39 is 0 Å². The number of hydrogen-bond donors (Lipinski definition) is 2. The molecule has 2 atom stereocenters. The number of carbonyl (C=O) groups is 2. The lowest BCUT2D eigenvalue weighted by Crippen LogP contribution is -2.27. The van der Waals surface area contributed by atoms with E-state index in [-0.39, 0.29) is 23.7 Å². The van der Waals surface area contributed by atoms with Crippen LogP contribution in [0.2, 0.25) is 10.0 Å². The van der Waals surface area contributed by atoms with Crippen molar-refractivity contribution >= 4 is 40.7 Å². The maximum absolute atomic E-state index is 12.2. The fourth-order valence-electron chi connectivity index (χ4n) is 2.40. The van der Waals surface area contributed by atoms with E-state index >= 15 is 0 Å². The summed E-state index contributed by atoms with van der Waals surface area (Å²) >= 11 is 11.9. The number of rotatable bonds is 5. The van der Waals surface area contributed by atoms with Crippen LogP contribution in [0.25, 0.3) is 0 Å². The molecule has 1 fully saturated rings. The second-order valence-electron chi connectivity index (χ2n) is 5.60. The Balaban J connectivity index is 1.51. The molecule has 0 spiro atoms. The molecule has 1 aliphatic rings. The smallest absolute Gasteiger partial charge is 0.228 e. The van der Waals surface area contributed by atoms with E-state index in [4.69, 9.17) is 23.2 Å². The molecule has 1 aromatic carbocycles. The first kappa shape index (κ1) is 16.7. The van der Waals surface area contributed by atoms with Crippen LogP contribution in [0.15, 0.2) is 42.6 Å². The molecule has 5 nitrogen and oxygen atoms in total. The molecule has 0 saturated heterocycles. The lowest BCUT2D eigenvalue weighted by Gasteiger charge is -2.07. The topological polar surface area (TPSA) is 71.1 Å². The van der Waals surface area contributed by atoms with Crippen LogP contribution in [-0.4, -0.2) is 16.8 Å². The van der Waals surface area contributed by atoms with Crippen molar-refractivity contribution in [2.45, 2.75) is 13.0 Å². The molecular weight excluding hydrogens is 349 g/mol. The summed E-state index contributed by atoms with van der Waals surface area (Å²) in [4.78, 5) is 28.4. The van der Waals surface area contributed by atoms with E-state index in [9.17, 15) is 9.59 Å². The summed E-state index contributed by atoms with van der Waals surface area (Å²) in [5.74, 6) is -0.986. The van der Waals surface area contributed by atoms with Crippen LogP contribution in [0, 0.1) is 11.8 Å². The van der Waals surface area contributed by atoms with Crippen molar-refractivity contribution in [3.05, 3.63) is 58.3 Å². The number of amides is 2. The third-order valence-corrected chi connectivity index (χ3v) is 4.37. The molecular formula is C17H15Cl2N3O2. The number of carbonyl (C=O) groups excluding carboxylic acids is 2. The molecule has 7 heteroatoms. The molecule has 3 rings (SSSR count). The number of nitrogens with one attached hydrogen (secondary N) is 2. The maximum Gasteiger partial charge on any atom is 0.228 e. The second-order valence-corrected chi connectivity index (χ2v) is 6.44. The molecule has 1 aromatic heterocycles. The molecule has 2 N–H and O–H groups in total. The number of nitrogens with zero attached hydrogens (tertiary/aromatic N) is 1. The fourth-order valence-corrected chi connectivity index (χ4v) is 2.86. The predicted molar refractivity (Wildman–Crippen MR) is 92.8 cm³/mol. The monoisotopic (exact) mass is 363 g/mol. The summed E-state index contributed by atoms with van der Waals surface area (Å²) < 4.78 is 0. The standard InChI is InChI=1S/C17H15Cl2N3O2/c18-10-4-5-15(14(19)7-10)22-17(24)13-8-12(13)16(23)21-9-11-3-1-2-6-20-11/h1-7,12-13H,8-9H2,(H,21,23)(H,22,24). The van der Waals surface area contributed by atoms with Gasteiger partial charge in [0.05, 0.1) is 34.8 Å². The van der Waals surface area contributed by atoms with E-state index in [1.807, 2.05) is 18.2 Å². The van der Waals surface area contributed by atoms with Gasteiger partial charge < -0.3 is 10.6 Å². The minimum absolute atomic E-state index is 0.136. The summed E-state index contributed by atoms with van der Waals surface area (Å²) in [6, 6.07) is 10.4. The van der Waals surface area contributed by atoms with Gasteiger partial charge in [0.1, 0.15) is 0 Å². The average molecular weight is 364 g/mol. The number of aromatic nitrogens is 1. The molecule has 0 bridgehead atoms. The van der Waals surface area contributed by atoms with Crippen LogP contribution >= 0.6 is 23.2 Å². The molecule has 2 amide bonds. The van der Waals surface area contributed by atoms with Crippen molar-refractivity contribution in [2.75, 3.05) is 5.32 Å². The largest absolute Gasteiger partial charge is 0.350 e. The second kappa shape index (κ2) is 7.20. The molecule has 2 aromatic rings. The van der Waals surface area contributed by atoms with Crippen LogP contribution in [0.4, 0.5) is 5.69 Å². The highest BCUT2D eigenvalue weighted by molar-refractivity contribution is 6.36. The Morgan fingerprint density at radius 3 is 2.62 bits per heavy atom. The summed E-state index contributed by atoms with van der Waals surface area (Å²) in [5, 5.41) is 6.40. The van der Waals surface area contributed by atoms with Crippen LogP contribution < -0.4 is 10.6 Å². The Hall–Kier alpha value is -2.11. The molecule has 1 aliphatic carbocycles. The Labute approximate surface area is 149 Å². The summed E-state index contributed by atoms with van der Waals surface area (Å²) in [6.07, 6.45) is 2.20. The van der Waals surface area contributed by atoms with Crippen molar-refractivity contribution in [2.24, 2.45) is 11.8 Å². The highest BCUT2D eigenvalue weighted by Gasteiger charge is 2.48. The molecule has 124 valence electrons. The normalized spacial score (nSPS) is 18.8. The fraction of sp³-hybridized carbons (Fsp3) is 0.235. The van der Waals surface area contributed by atoms with Crippen molar-refractivity contribution in [1.82, 2.24) is 10.3 Å². The molecule has 24 heavy (non-hydrogen) atoms. The SMILES string of the molecule is O=C(NCc1ccccn1)C1CC1C(=O)Nc1ccc(Cl)cc1Cl. The number of pyridine rings is 1. The van der Waals surface area contributed by atoms with Gasteiger partial charge in [-0.15, -0.1) is 0 Å². The van der Waals surface area contributed by atoms with Crippen molar-refractivity contribution in [3.8, 4) is 0 Å². The van der Waals surface area contributed by atoms with Crippen molar-refractivity contribution < 1.29 is 9.59 Å². The first-order valence-electron chi connectivity index (χ1n) is 7.48. The highest BCUT2D eigenvalue weighted by atomic mass is 35.5. The Bertz CT molecular complexity index is 768. The van der Waals surface area contributed by atoms with Crippen LogP contribution in [-0.2, 0) is 16.1 Å². The van der Waals surface area contributed by atoms with Crippen LogP contribution in [0.3, 0.4) is 0 Å². The van der Waals surface area contributed by atoms with E-state index in [1.54, 1.807) is 24.4 Å². The van der Waals surface area contributed by atoms with Crippen LogP contribution in [0.1, 0.15) is 12.1 Å². The number of anilines is 1. The van der Waals surface area contributed by atoms with Gasteiger partial charge in [-0.3, -0.25) is 14.6 Å². The zero-order chi connectivity index (χ0) is 17.1. The number of benzene rings is 1. The highest BCUT2D eigenvalue weighted by Crippen LogP contribution is 2.40. The summed E-state index contributed by atoms with van der Waals surface area (Å²) in [7, 11) is 0. The predicted octanol–water partition coefficient (Wildman–Crippen LogP) is 3.28. The third kappa shape index (κ3) is 4.04. The van der Waals surface area contributed by atoms with Gasteiger partial charge in [0.2, 0.25) is 11.8 Å². The first-order chi connectivity index (χ1) is 11.5. The van der Waals surface area contributed by atoms with Gasteiger partial charge in [-0.1, -0.05) is 29.3 Å². The zero-order valence-electron chi connectivity index (χ0n) is 12.6. The Morgan fingerprint density at radius 2 is 1.92 bits per heavy atom. The van der Waals surface area contributed by atoms with Gasteiger partial charge in [-0.05, 0) is 36.8 Å². The molecule has 0 aliphatic heterocycles. The Kier molecular flexibility index (Phi) is 5.02. The summed E-state index contributed by atoms with van der Waals surface area (Å²) in [5.41, 5.74) is 1.27. The van der Waals surface area contributed by atoms with Gasteiger partial charge in [-0.2, -0.15) is 0 Å². The van der Waals surface area contributed by atoms with Gasteiger partial charge in [-0.25, -0.2) is 0 Å². The summed E-state index contributed by atoms with van der Waals surface area (Å²) in [6.45, 7) is 0.355. The Morgan fingerprint density at radius 1 is 1.12 bits per heavy atom. The van der Waals surface area contributed by atoms with Crippen LogP contribution in [0.5, 0.6) is 0 Å². The quantitative estimate of drug-likeness (QED) is 0.855. The lowest BCUT2D eigenvalue weighted by molar-refractivity contribution is -0.125. The van der Waals surface area contributed by atoms with Gasteiger partial charge in [0, 0.05) is 11.2 Å². The minimum Gasteiger partial charge on any atom is -0.350 e. The molecule has 1 saturated carbocycles. The van der Waals surface area contributed by atoms with E-state index in [1.165, 1.54) is 0 Å². The molecule has 1 heterocycles. The van der Waals surface area contributed by atoms with Gasteiger partial charge in [0.15, 0.2) is 0 Å². The van der Waals surface area contributed by atoms with Gasteiger partial charge in [0.25, 0.3) is 0 Å².